The van der Waals surface area contributed by atoms with E-state index in [4.69, 9.17) is 9.47 Å². The predicted octanol–water partition coefficient (Wildman–Crippen LogP) is 3.02. The number of aliphatic hydroxyl groups is 1. The zero-order valence-electron chi connectivity index (χ0n) is 27.2. The maximum atomic E-state index is 14.7. The fraction of sp³-hybridized carbons (Fsp3) is 0.485. The molecule has 4 atom stereocenters. The highest BCUT2D eigenvalue weighted by molar-refractivity contribution is 6.71. The number of para-hydroxylation sites is 1. The fourth-order valence-corrected chi connectivity index (χ4v) is 10.1. The number of methoxy groups -OCH3 is 1. The molecule has 2 aliphatic rings. The highest BCUT2D eigenvalue weighted by Crippen LogP contribution is 2.59. The molecule has 0 radical (unpaired) electrons. The van der Waals surface area contributed by atoms with E-state index in [9.17, 15) is 24.3 Å². The van der Waals surface area contributed by atoms with Gasteiger partial charge in [0.05, 0.1) is 41.2 Å². The minimum Gasteiger partial charge on any atom is -0.469 e. The van der Waals surface area contributed by atoms with Crippen LogP contribution in [-0.4, -0.2) is 81.2 Å². The summed E-state index contributed by atoms with van der Waals surface area (Å²) in [6.07, 6.45) is 3.59. The first-order valence-electron chi connectivity index (χ1n) is 16.1. The third kappa shape index (κ3) is 5.83. The first kappa shape index (κ1) is 32.8. The number of carbonyl (C=O) groups excluding carboxylic acids is 2. The third-order valence-electron chi connectivity index (χ3n) is 9.66. The zero-order valence-corrected chi connectivity index (χ0v) is 28.2. The van der Waals surface area contributed by atoms with Crippen LogP contribution in [0.3, 0.4) is 0 Å². The summed E-state index contributed by atoms with van der Waals surface area (Å²) < 4.78 is 14.9. The number of benzene rings is 2. The summed E-state index contributed by atoms with van der Waals surface area (Å²) in [6, 6.07) is 12.8. The van der Waals surface area contributed by atoms with Gasteiger partial charge in [0.1, 0.15) is 0 Å². The van der Waals surface area contributed by atoms with Crippen LogP contribution < -0.4 is 10.5 Å². The number of nitrogens with zero attached hydrogens (tertiary/aromatic N) is 5. The van der Waals surface area contributed by atoms with E-state index in [0.29, 0.717) is 72.3 Å². The van der Waals surface area contributed by atoms with Crippen molar-refractivity contribution in [3.63, 3.8) is 0 Å². The summed E-state index contributed by atoms with van der Waals surface area (Å²) in [5, 5.41) is 21.3. The van der Waals surface area contributed by atoms with E-state index in [1.165, 1.54) is 11.8 Å². The number of amides is 1. The topological polar surface area (TPSA) is 165 Å². The maximum Gasteiger partial charge on any atom is 0.305 e. The summed E-state index contributed by atoms with van der Waals surface area (Å²) >= 11 is 0. The number of fused-ring (bicyclic) bond motifs is 3. The van der Waals surface area contributed by atoms with Gasteiger partial charge in [-0.25, -0.2) is 4.68 Å². The highest BCUT2D eigenvalue weighted by Gasteiger charge is 2.66. The summed E-state index contributed by atoms with van der Waals surface area (Å²) in [6.45, 7) is 6.54. The Kier molecular flexibility index (Phi) is 8.95. The molecule has 0 unspecified atom stereocenters. The van der Waals surface area contributed by atoms with Gasteiger partial charge in [0.15, 0.2) is 13.9 Å². The predicted molar refractivity (Wildman–Crippen MR) is 177 cm³/mol. The van der Waals surface area contributed by atoms with E-state index in [2.05, 4.69) is 15.4 Å². The highest BCUT2D eigenvalue weighted by atomic mass is 28.4. The Hall–Kier alpha value is -4.11. The van der Waals surface area contributed by atoms with Crippen molar-refractivity contribution in [3.05, 3.63) is 70.3 Å². The molecule has 14 heteroatoms. The number of aliphatic hydroxyl groups excluding tert-OH is 1. The van der Waals surface area contributed by atoms with Crippen LogP contribution in [0.5, 0.6) is 0 Å². The van der Waals surface area contributed by atoms with Gasteiger partial charge < -0.3 is 24.3 Å². The molecular formula is C33H42N6O7Si. The van der Waals surface area contributed by atoms with Crippen molar-refractivity contribution >= 4 is 36.8 Å². The van der Waals surface area contributed by atoms with Crippen LogP contribution in [0.4, 0.5) is 5.69 Å². The fourth-order valence-electron chi connectivity index (χ4n) is 7.51. The van der Waals surface area contributed by atoms with Crippen LogP contribution in [0.25, 0.3) is 16.6 Å². The number of carbonyl (C=O) groups is 2. The summed E-state index contributed by atoms with van der Waals surface area (Å²) in [4.78, 5) is 53.3. The van der Waals surface area contributed by atoms with E-state index in [1.54, 1.807) is 21.8 Å². The Morgan fingerprint density at radius 1 is 1.15 bits per heavy atom. The molecule has 1 fully saturated rings. The van der Waals surface area contributed by atoms with Gasteiger partial charge >= 0.3 is 5.97 Å². The minimum atomic E-state index is -2.91. The average molecular weight is 663 g/mol. The van der Waals surface area contributed by atoms with Crippen molar-refractivity contribution in [1.82, 2.24) is 24.8 Å². The normalized spacial score (nSPS) is 22.5. The second-order valence-electron chi connectivity index (χ2n) is 13.1. The Bertz CT molecular complexity index is 1840. The molecule has 6 rings (SSSR count). The molecule has 3 N–H and O–H groups in total. The number of ether oxygens (including phenoxy) is 2. The molecule has 47 heavy (non-hydrogen) atoms. The zero-order chi connectivity index (χ0) is 33.5. The van der Waals surface area contributed by atoms with Gasteiger partial charge in [-0.1, -0.05) is 24.3 Å². The standard InChI is InChI=1S/C33H42N6O7Si/c1-21-30(47(3,4)44)28(14-17-37-20-22(15-18-40)34-36-37)46-33(21)25-19-23(39-31(42)24-9-5-6-10-26(24)35-39)12-13-27(25)38(32(33)43)16-8-7-11-29(41)45-2/h5-6,9-10,12-13,19-21,28,30,35,40,44H,7-8,11,14-18H2,1-4H3/t21-,28+,30-,33+/m0/s1. The molecule has 250 valence electrons. The second-order valence-corrected chi connectivity index (χ2v) is 17.1. The number of hydrogen-bond acceptors (Lipinski definition) is 9. The van der Waals surface area contributed by atoms with Gasteiger partial charge in [-0.05, 0) is 62.7 Å². The van der Waals surface area contributed by atoms with Crippen LogP contribution in [0.15, 0.2) is 53.5 Å². The molecule has 4 aromatic rings. The monoisotopic (exact) mass is 662 g/mol. The molecule has 2 aromatic heterocycles. The molecule has 0 saturated carbocycles. The number of aryl methyl sites for hydroxylation is 1. The van der Waals surface area contributed by atoms with Crippen molar-refractivity contribution in [2.24, 2.45) is 5.92 Å². The second kappa shape index (κ2) is 12.8. The van der Waals surface area contributed by atoms with E-state index in [-0.39, 0.29) is 41.9 Å². The number of esters is 1. The van der Waals surface area contributed by atoms with E-state index in [0.717, 1.165) is 0 Å². The quantitative estimate of drug-likeness (QED) is 0.118. The maximum absolute atomic E-state index is 14.7. The molecule has 2 aromatic carbocycles. The molecule has 1 spiro atoms. The SMILES string of the molecule is COC(=O)CCCCN1C(=O)[C@]2(O[C@H](CCn3cc(CCO)nn3)[C@@H]([Si](C)(C)O)[C@@H]2C)c2cc(-n3[nH]c4ccccc4c3=O)ccc21. The Labute approximate surface area is 273 Å². The number of nitrogens with one attached hydrogen (secondary N) is 1. The van der Waals surface area contributed by atoms with Crippen molar-refractivity contribution in [2.75, 3.05) is 25.2 Å². The molecule has 0 aliphatic carbocycles. The molecule has 2 aliphatic heterocycles. The van der Waals surface area contributed by atoms with Crippen LogP contribution in [0.2, 0.25) is 18.6 Å². The first-order valence-corrected chi connectivity index (χ1v) is 19.2. The largest absolute Gasteiger partial charge is 0.469 e. The molecule has 1 saturated heterocycles. The summed E-state index contributed by atoms with van der Waals surface area (Å²) in [7, 11) is -1.55. The molecular weight excluding hydrogens is 620 g/mol. The van der Waals surface area contributed by atoms with Gasteiger partial charge in [-0.2, -0.15) is 0 Å². The van der Waals surface area contributed by atoms with Gasteiger partial charge in [-0.15, -0.1) is 5.10 Å². The summed E-state index contributed by atoms with van der Waals surface area (Å²) in [5.74, 6) is -0.899. The van der Waals surface area contributed by atoms with Crippen molar-refractivity contribution < 1.29 is 29.0 Å². The Balaban J connectivity index is 1.40. The van der Waals surface area contributed by atoms with Crippen molar-refractivity contribution in [2.45, 2.75) is 75.9 Å². The molecule has 13 nitrogen and oxygen atoms in total. The Morgan fingerprint density at radius 2 is 1.94 bits per heavy atom. The lowest BCUT2D eigenvalue weighted by molar-refractivity contribution is -0.146. The van der Waals surface area contributed by atoms with Crippen LogP contribution in [-0.2, 0) is 37.6 Å². The number of rotatable bonds is 12. The van der Waals surface area contributed by atoms with Gasteiger partial charge in [-0.3, -0.25) is 24.2 Å². The summed E-state index contributed by atoms with van der Waals surface area (Å²) in [5.41, 5.74) is 1.41. The van der Waals surface area contributed by atoms with E-state index in [1.807, 2.05) is 56.4 Å². The molecule has 0 bridgehead atoms. The number of unbranched alkanes of at least 4 members (excludes halogenated alkanes) is 1. The van der Waals surface area contributed by atoms with Crippen LogP contribution >= 0.6 is 0 Å². The molecule has 4 heterocycles. The van der Waals surface area contributed by atoms with Crippen molar-refractivity contribution in [1.29, 1.82) is 0 Å². The van der Waals surface area contributed by atoms with Crippen molar-refractivity contribution in [3.8, 4) is 5.69 Å². The lowest BCUT2D eigenvalue weighted by atomic mass is 9.82. The van der Waals surface area contributed by atoms with E-state index >= 15 is 0 Å². The number of hydrogen-bond donors (Lipinski definition) is 3. The first-order chi connectivity index (χ1) is 22.5. The average Bonchev–Trinajstić information content (AvgIpc) is 3.78. The Morgan fingerprint density at radius 3 is 2.66 bits per heavy atom. The lowest BCUT2D eigenvalue weighted by Crippen LogP contribution is -2.46. The minimum absolute atomic E-state index is 0.0236. The van der Waals surface area contributed by atoms with E-state index < -0.39 is 20.0 Å². The van der Waals surface area contributed by atoms with Crippen LogP contribution in [0.1, 0.15) is 43.9 Å². The molecule has 1 amide bonds. The van der Waals surface area contributed by atoms with Gasteiger partial charge in [0.25, 0.3) is 11.5 Å². The van der Waals surface area contributed by atoms with Crippen LogP contribution in [0, 0.1) is 5.92 Å². The lowest BCUT2D eigenvalue weighted by Gasteiger charge is -2.32. The third-order valence-corrected chi connectivity index (χ3v) is 12.2. The smallest absolute Gasteiger partial charge is 0.305 e. The van der Waals surface area contributed by atoms with Gasteiger partial charge in [0, 0.05) is 55.8 Å². The number of anilines is 1. The number of aromatic amines is 1. The van der Waals surface area contributed by atoms with Gasteiger partial charge in [0.2, 0.25) is 0 Å². The number of aromatic nitrogens is 5. The number of H-pyrrole nitrogens is 1.